The molecule has 0 aromatic rings. The molecule has 2 N–H and O–H groups in total. The molecule has 0 aliphatic carbocycles. The molecule has 1 atom stereocenters. The van der Waals surface area contributed by atoms with Gasteiger partial charge in [-0.15, -0.1) is 0 Å². The predicted molar refractivity (Wildman–Crippen MR) is 76.0 cm³/mol. The number of nitrogens with zero attached hydrogens (tertiary/aromatic N) is 1. The fourth-order valence-electron chi connectivity index (χ4n) is 2.27. The number of urea groups is 1. The number of carbonyl (C=O) groups excluding carboxylic acids is 3. The number of rotatable bonds is 7. The first-order chi connectivity index (χ1) is 9.38. The van der Waals surface area contributed by atoms with Gasteiger partial charge in [0.05, 0.1) is 0 Å². The van der Waals surface area contributed by atoms with Crippen LogP contribution in [0.4, 0.5) is 4.79 Å². The van der Waals surface area contributed by atoms with Crippen molar-refractivity contribution in [2.24, 2.45) is 5.92 Å². The monoisotopic (exact) mass is 283 g/mol. The standard InChI is InChI=1S/C14H25N3O3/c1-5-10(6-2)15-12(18)8-17-13(19)11(7-9(3)4)16-14(17)20/h9-11H,5-8H2,1-4H3,(H,15,18)(H,16,20)/t11-/m1/s1. The molecule has 0 saturated carbocycles. The lowest BCUT2D eigenvalue weighted by Gasteiger charge is -2.17. The maximum atomic E-state index is 12.1. The summed E-state index contributed by atoms with van der Waals surface area (Å²) in [7, 11) is 0. The van der Waals surface area contributed by atoms with Gasteiger partial charge in [0.1, 0.15) is 12.6 Å². The summed E-state index contributed by atoms with van der Waals surface area (Å²) < 4.78 is 0. The minimum atomic E-state index is -0.497. The first kappa shape index (κ1) is 16.5. The first-order valence-corrected chi connectivity index (χ1v) is 7.30. The van der Waals surface area contributed by atoms with Gasteiger partial charge in [0.15, 0.2) is 0 Å². The van der Waals surface area contributed by atoms with Crippen LogP contribution in [0.3, 0.4) is 0 Å². The van der Waals surface area contributed by atoms with Crippen molar-refractivity contribution in [2.75, 3.05) is 6.54 Å². The van der Waals surface area contributed by atoms with E-state index in [1.807, 2.05) is 27.7 Å². The lowest BCUT2D eigenvalue weighted by atomic mass is 10.0. The Labute approximate surface area is 120 Å². The summed E-state index contributed by atoms with van der Waals surface area (Å²) in [6, 6.07) is -0.876. The van der Waals surface area contributed by atoms with E-state index >= 15 is 0 Å². The molecule has 1 aliphatic rings. The molecule has 1 aliphatic heterocycles. The second kappa shape index (κ2) is 7.26. The maximum absolute atomic E-state index is 12.1. The Bertz CT molecular complexity index is 378. The van der Waals surface area contributed by atoms with Gasteiger partial charge in [-0.05, 0) is 25.2 Å². The molecule has 0 aromatic heterocycles. The van der Waals surface area contributed by atoms with Crippen molar-refractivity contribution in [3.05, 3.63) is 0 Å². The van der Waals surface area contributed by atoms with Crippen molar-refractivity contribution in [3.63, 3.8) is 0 Å². The molecule has 0 aromatic carbocycles. The zero-order chi connectivity index (χ0) is 15.3. The Kier molecular flexibility index (Phi) is 5.98. The second-order valence-corrected chi connectivity index (χ2v) is 5.64. The minimum Gasteiger partial charge on any atom is -0.352 e. The van der Waals surface area contributed by atoms with Crippen LogP contribution in [0.2, 0.25) is 0 Å². The summed E-state index contributed by atoms with van der Waals surface area (Å²) in [4.78, 5) is 36.7. The van der Waals surface area contributed by atoms with Crippen LogP contribution in [0.5, 0.6) is 0 Å². The Hall–Kier alpha value is -1.59. The topological polar surface area (TPSA) is 78.5 Å². The molecule has 0 unspecified atom stereocenters. The molecular weight excluding hydrogens is 258 g/mol. The van der Waals surface area contributed by atoms with Gasteiger partial charge in [-0.3, -0.25) is 14.5 Å². The molecule has 20 heavy (non-hydrogen) atoms. The lowest BCUT2D eigenvalue weighted by molar-refractivity contribution is -0.132. The smallest absolute Gasteiger partial charge is 0.325 e. The van der Waals surface area contributed by atoms with E-state index in [4.69, 9.17) is 0 Å². The van der Waals surface area contributed by atoms with E-state index in [0.29, 0.717) is 12.3 Å². The highest BCUT2D eigenvalue weighted by molar-refractivity contribution is 6.06. The highest BCUT2D eigenvalue weighted by atomic mass is 16.2. The Morgan fingerprint density at radius 2 is 1.90 bits per heavy atom. The van der Waals surface area contributed by atoms with E-state index in [0.717, 1.165) is 17.7 Å². The van der Waals surface area contributed by atoms with Crippen LogP contribution in [-0.4, -0.2) is 41.4 Å². The average Bonchev–Trinajstić information content (AvgIpc) is 2.63. The molecule has 6 heteroatoms. The molecule has 0 bridgehead atoms. The van der Waals surface area contributed by atoms with Crippen molar-refractivity contribution in [1.29, 1.82) is 0 Å². The molecule has 4 amide bonds. The van der Waals surface area contributed by atoms with E-state index in [1.54, 1.807) is 0 Å². The van der Waals surface area contributed by atoms with E-state index < -0.39 is 12.1 Å². The van der Waals surface area contributed by atoms with Gasteiger partial charge in [0.25, 0.3) is 5.91 Å². The van der Waals surface area contributed by atoms with Gasteiger partial charge in [0.2, 0.25) is 5.91 Å². The average molecular weight is 283 g/mol. The number of hydrogen-bond acceptors (Lipinski definition) is 3. The Morgan fingerprint density at radius 3 is 2.40 bits per heavy atom. The van der Waals surface area contributed by atoms with E-state index in [1.165, 1.54) is 0 Å². The molecular formula is C14H25N3O3. The van der Waals surface area contributed by atoms with Crippen LogP contribution in [0.15, 0.2) is 0 Å². The van der Waals surface area contributed by atoms with Crippen molar-refractivity contribution < 1.29 is 14.4 Å². The van der Waals surface area contributed by atoms with Gasteiger partial charge in [0, 0.05) is 6.04 Å². The van der Waals surface area contributed by atoms with Gasteiger partial charge >= 0.3 is 6.03 Å². The quantitative estimate of drug-likeness (QED) is 0.690. The fourth-order valence-corrected chi connectivity index (χ4v) is 2.27. The van der Waals surface area contributed by atoms with E-state index in [9.17, 15) is 14.4 Å². The predicted octanol–water partition coefficient (Wildman–Crippen LogP) is 1.26. The molecule has 0 radical (unpaired) electrons. The van der Waals surface area contributed by atoms with Gasteiger partial charge in [-0.1, -0.05) is 27.7 Å². The van der Waals surface area contributed by atoms with Crippen LogP contribution in [0, 0.1) is 5.92 Å². The van der Waals surface area contributed by atoms with Crippen LogP contribution in [0.25, 0.3) is 0 Å². The number of hydrogen-bond donors (Lipinski definition) is 2. The molecule has 1 heterocycles. The SMILES string of the molecule is CCC(CC)NC(=O)CN1C(=O)N[C@H](CC(C)C)C1=O. The number of amides is 4. The Morgan fingerprint density at radius 1 is 1.30 bits per heavy atom. The number of nitrogens with one attached hydrogen (secondary N) is 2. The van der Waals surface area contributed by atoms with Crippen molar-refractivity contribution in [2.45, 2.75) is 59.0 Å². The number of carbonyl (C=O) groups is 3. The Balaban J connectivity index is 2.57. The highest BCUT2D eigenvalue weighted by Crippen LogP contribution is 2.13. The minimum absolute atomic E-state index is 0.0923. The van der Waals surface area contributed by atoms with E-state index in [-0.39, 0.29) is 24.4 Å². The van der Waals surface area contributed by atoms with Gasteiger partial charge in [-0.25, -0.2) is 4.79 Å². The van der Waals surface area contributed by atoms with Gasteiger partial charge in [-0.2, -0.15) is 0 Å². The lowest BCUT2D eigenvalue weighted by Crippen LogP contribution is -2.44. The van der Waals surface area contributed by atoms with Crippen LogP contribution < -0.4 is 10.6 Å². The zero-order valence-electron chi connectivity index (χ0n) is 12.7. The van der Waals surface area contributed by atoms with Crippen LogP contribution >= 0.6 is 0 Å². The molecule has 0 spiro atoms. The summed E-state index contributed by atoms with van der Waals surface area (Å²) in [5.74, 6) is -0.279. The molecule has 6 nitrogen and oxygen atoms in total. The summed E-state index contributed by atoms with van der Waals surface area (Å²) >= 11 is 0. The van der Waals surface area contributed by atoms with Crippen molar-refractivity contribution >= 4 is 17.8 Å². The third-order valence-electron chi connectivity index (χ3n) is 3.47. The molecule has 1 saturated heterocycles. The van der Waals surface area contributed by atoms with Crippen molar-refractivity contribution in [1.82, 2.24) is 15.5 Å². The number of imide groups is 1. The van der Waals surface area contributed by atoms with Crippen LogP contribution in [0.1, 0.15) is 47.0 Å². The first-order valence-electron chi connectivity index (χ1n) is 7.30. The third kappa shape index (κ3) is 4.21. The normalized spacial score (nSPS) is 18.9. The highest BCUT2D eigenvalue weighted by Gasteiger charge is 2.39. The summed E-state index contributed by atoms with van der Waals surface area (Å²) in [6.45, 7) is 7.75. The van der Waals surface area contributed by atoms with Gasteiger partial charge < -0.3 is 10.6 Å². The molecule has 1 fully saturated rings. The fraction of sp³-hybridized carbons (Fsp3) is 0.786. The third-order valence-corrected chi connectivity index (χ3v) is 3.47. The second-order valence-electron chi connectivity index (χ2n) is 5.64. The van der Waals surface area contributed by atoms with E-state index in [2.05, 4.69) is 10.6 Å². The maximum Gasteiger partial charge on any atom is 0.325 e. The van der Waals surface area contributed by atoms with Crippen molar-refractivity contribution in [3.8, 4) is 0 Å². The van der Waals surface area contributed by atoms with Crippen LogP contribution in [-0.2, 0) is 9.59 Å². The largest absolute Gasteiger partial charge is 0.352 e. The molecule has 1 rings (SSSR count). The molecule has 114 valence electrons. The summed E-state index contributed by atoms with van der Waals surface area (Å²) in [5, 5.41) is 5.46. The summed E-state index contributed by atoms with van der Waals surface area (Å²) in [5.41, 5.74) is 0. The summed E-state index contributed by atoms with van der Waals surface area (Å²) in [6.07, 6.45) is 2.26. The zero-order valence-corrected chi connectivity index (χ0v) is 12.7.